The van der Waals surface area contributed by atoms with E-state index in [-0.39, 0.29) is 17.4 Å². The molecule has 2 N–H and O–H groups in total. The first-order valence-electron chi connectivity index (χ1n) is 8.19. The number of carbonyl (C=O) groups excluding carboxylic acids is 1. The number of nitrogens with one attached hydrogen (secondary N) is 1. The molecule has 0 spiro atoms. The number of hydrogen-bond donors (Lipinski definition) is 2. The summed E-state index contributed by atoms with van der Waals surface area (Å²) in [4.78, 5) is 28.4. The maximum Gasteiger partial charge on any atom is 0.330 e. The minimum atomic E-state index is -1.32. The smallest absolute Gasteiger partial charge is 0.330 e. The van der Waals surface area contributed by atoms with Gasteiger partial charge in [0.2, 0.25) is 5.82 Å². The lowest BCUT2D eigenvalue weighted by atomic mass is 9.99. The van der Waals surface area contributed by atoms with Gasteiger partial charge in [0.05, 0.1) is 0 Å². The fourth-order valence-corrected chi connectivity index (χ4v) is 4.08. The van der Waals surface area contributed by atoms with Crippen LogP contribution in [-0.4, -0.2) is 48.8 Å². The van der Waals surface area contributed by atoms with Gasteiger partial charge in [-0.3, -0.25) is 4.79 Å². The van der Waals surface area contributed by atoms with Crippen LogP contribution in [0.3, 0.4) is 0 Å². The van der Waals surface area contributed by atoms with Gasteiger partial charge in [0.15, 0.2) is 0 Å². The van der Waals surface area contributed by atoms with Gasteiger partial charge in [-0.05, 0) is 24.3 Å². The Bertz CT molecular complexity index is 846. The van der Waals surface area contributed by atoms with Gasteiger partial charge in [0.1, 0.15) is 22.9 Å². The molecule has 138 valence electrons. The minimum Gasteiger partial charge on any atom is -0.479 e. The predicted octanol–water partition coefficient (Wildman–Crippen LogP) is 2.22. The van der Waals surface area contributed by atoms with Crippen LogP contribution in [0.25, 0.3) is 5.69 Å². The Balaban J connectivity index is 1.96. The molecule has 0 aliphatic carbocycles. The summed E-state index contributed by atoms with van der Waals surface area (Å²) < 4.78 is 15.5. The van der Waals surface area contributed by atoms with Gasteiger partial charge in [-0.15, -0.1) is 5.10 Å². The molecule has 1 saturated heterocycles. The molecule has 1 aliphatic rings. The van der Waals surface area contributed by atoms with Crippen molar-refractivity contribution in [2.75, 3.05) is 11.5 Å². The summed E-state index contributed by atoms with van der Waals surface area (Å²) in [5.74, 6) is -1.15. The van der Waals surface area contributed by atoms with Crippen LogP contribution in [0.1, 0.15) is 42.6 Å². The molecule has 0 bridgehead atoms. The number of nitrogens with zero attached hydrogens (tertiary/aromatic N) is 3. The van der Waals surface area contributed by atoms with Gasteiger partial charge >= 0.3 is 5.97 Å². The molecule has 0 radical (unpaired) electrons. The fourth-order valence-electron chi connectivity index (χ4n) is 2.75. The van der Waals surface area contributed by atoms with Crippen molar-refractivity contribution in [1.82, 2.24) is 20.1 Å². The van der Waals surface area contributed by atoms with E-state index in [0.29, 0.717) is 23.8 Å². The molecular weight excluding hydrogens is 359 g/mol. The maximum atomic E-state index is 14.2. The number of hydrogen-bond acceptors (Lipinski definition) is 5. The van der Waals surface area contributed by atoms with Crippen molar-refractivity contribution in [1.29, 1.82) is 0 Å². The highest BCUT2D eigenvalue weighted by molar-refractivity contribution is 7.99. The quantitative estimate of drug-likeness (QED) is 0.828. The Morgan fingerprint density at radius 3 is 2.69 bits per heavy atom. The highest BCUT2D eigenvalue weighted by Gasteiger charge is 2.44. The van der Waals surface area contributed by atoms with Crippen molar-refractivity contribution in [3.8, 4) is 5.69 Å². The summed E-state index contributed by atoms with van der Waals surface area (Å²) in [6.07, 6.45) is 0.337. The summed E-state index contributed by atoms with van der Waals surface area (Å²) in [6, 6.07) is 6.08. The van der Waals surface area contributed by atoms with Gasteiger partial charge in [0, 0.05) is 11.7 Å². The summed E-state index contributed by atoms with van der Waals surface area (Å²) in [5.41, 5.74) is -1.13. The predicted molar refractivity (Wildman–Crippen MR) is 95.2 cm³/mol. The van der Waals surface area contributed by atoms with Gasteiger partial charge in [-0.25, -0.2) is 18.9 Å². The Kier molecular flexibility index (Phi) is 4.99. The fraction of sp³-hybridized carbons (Fsp3) is 0.412. The molecule has 9 heteroatoms. The standard InChI is InChI=1S/C17H19FN4O3S/c1-10(2)14-19-13(21-22(14)12-6-4-3-5-11(12)18)15(23)20-17(16(24)25)7-8-26-9-17/h3-6,10H,7-9H2,1-2H3,(H,20,23)(H,24,25). The third kappa shape index (κ3) is 3.31. The number of carbonyl (C=O) groups is 2. The van der Waals surface area contributed by atoms with Crippen LogP contribution in [0.2, 0.25) is 0 Å². The van der Waals surface area contributed by atoms with E-state index in [9.17, 15) is 19.1 Å². The van der Waals surface area contributed by atoms with Crippen molar-refractivity contribution >= 4 is 23.6 Å². The zero-order valence-corrected chi connectivity index (χ0v) is 15.2. The van der Waals surface area contributed by atoms with E-state index < -0.39 is 23.2 Å². The lowest BCUT2D eigenvalue weighted by Gasteiger charge is -2.23. The number of carboxylic acid groups (broad SMARTS) is 1. The van der Waals surface area contributed by atoms with E-state index in [1.165, 1.54) is 22.5 Å². The number of amides is 1. The number of benzene rings is 1. The summed E-state index contributed by atoms with van der Waals surface area (Å²) in [7, 11) is 0. The molecular formula is C17H19FN4O3S. The van der Waals surface area contributed by atoms with Crippen LogP contribution in [0.15, 0.2) is 24.3 Å². The number of carboxylic acids is 1. The van der Waals surface area contributed by atoms with E-state index in [1.807, 2.05) is 13.8 Å². The second-order valence-electron chi connectivity index (χ2n) is 6.46. The molecule has 26 heavy (non-hydrogen) atoms. The number of thioether (sulfide) groups is 1. The molecule has 7 nitrogen and oxygen atoms in total. The summed E-state index contributed by atoms with van der Waals surface area (Å²) in [5, 5.41) is 16.2. The van der Waals surface area contributed by atoms with Crippen LogP contribution in [-0.2, 0) is 4.79 Å². The minimum absolute atomic E-state index is 0.112. The van der Waals surface area contributed by atoms with Crippen LogP contribution >= 0.6 is 11.8 Å². The molecule has 2 heterocycles. The van der Waals surface area contributed by atoms with E-state index in [2.05, 4.69) is 15.4 Å². The van der Waals surface area contributed by atoms with Crippen molar-refractivity contribution < 1.29 is 19.1 Å². The summed E-state index contributed by atoms with van der Waals surface area (Å²) in [6.45, 7) is 3.71. The number of rotatable bonds is 5. The number of para-hydroxylation sites is 1. The first kappa shape index (κ1) is 18.4. The zero-order valence-electron chi connectivity index (χ0n) is 14.4. The largest absolute Gasteiger partial charge is 0.479 e. The van der Waals surface area contributed by atoms with Crippen molar-refractivity contribution in [3.63, 3.8) is 0 Å². The molecule has 1 atom stereocenters. The molecule has 1 aromatic carbocycles. The van der Waals surface area contributed by atoms with Crippen LogP contribution < -0.4 is 5.32 Å². The molecule has 1 fully saturated rings. The first-order chi connectivity index (χ1) is 12.3. The topological polar surface area (TPSA) is 97.1 Å². The summed E-state index contributed by atoms with van der Waals surface area (Å²) >= 11 is 1.47. The Labute approximate surface area is 154 Å². The average Bonchev–Trinajstić information content (AvgIpc) is 3.23. The molecule has 2 aromatic rings. The number of aliphatic carboxylic acids is 1. The monoisotopic (exact) mass is 378 g/mol. The van der Waals surface area contributed by atoms with Crippen LogP contribution in [0.4, 0.5) is 4.39 Å². The molecule has 1 unspecified atom stereocenters. The van der Waals surface area contributed by atoms with Crippen LogP contribution in [0, 0.1) is 5.82 Å². The third-order valence-electron chi connectivity index (χ3n) is 4.22. The van der Waals surface area contributed by atoms with E-state index in [1.54, 1.807) is 18.2 Å². The van der Waals surface area contributed by atoms with Gasteiger partial charge in [-0.2, -0.15) is 11.8 Å². The van der Waals surface area contributed by atoms with Gasteiger partial charge in [-0.1, -0.05) is 26.0 Å². The van der Waals surface area contributed by atoms with Gasteiger partial charge in [0.25, 0.3) is 5.91 Å². The highest BCUT2D eigenvalue weighted by atomic mass is 32.2. The molecule has 1 amide bonds. The van der Waals surface area contributed by atoms with Crippen LogP contribution in [0.5, 0.6) is 0 Å². The normalized spacial score (nSPS) is 19.7. The lowest BCUT2D eigenvalue weighted by molar-refractivity contribution is -0.143. The highest BCUT2D eigenvalue weighted by Crippen LogP contribution is 2.28. The molecule has 0 saturated carbocycles. The lowest BCUT2D eigenvalue weighted by Crippen LogP contribution is -2.55. The third-order valence-corrected chi connectivity index (χ3v) is 5.41. The second-order valence-corrected chi connectivity index (χ2v) is 7.56. The first-order valence-corrected chi connectivity index (χ1v) is 9.35. The Morgan fingerprint density at radius 2 is 2.12 bits per heavy atom. The van der Waals surface area contributed by atoms with Crippen molar-refractivity contribution in [2.45, 2.75) is 31.7 Å². The SMILES string of the molecule is CC(C)c1nc(C(=O)NC2(C(=O)O)CCSC2)nn1-c1ccccc1F. The van der Waals surface area contributed by atoms with E-state index in [0.717, 1.165) is 0 Å². The zero-order chi connectivity index (χ0) is 18.9. The average molecular weight is 378 g/mol. The van der Waals surface area contributed by atoms with Crippen molar-refractivity contribution in [3.05, 3.63) is 41.7 Å². The Morgan fingerprint density at radius 1 is 1.38 bits per heavy atom. The van der Waals surface area contributed by atoms with Gasteiger partial charge < -0.3 is 10.4 Å². The molecule has 1 aliphatic heterocycles. The van der Waals surface area contributed by atoms with E-state index >= 15 is 0 Å². The van der Waals surface area contributed by atoms with Crippen molar-refractivity contribution in [2.24, 2.45) is 0 Å². The second kappa shape index (κ2) is 7.06. The maximum absolute atomic E-state index is 14.2. The molecule has 1 aromatic heterocycles. The Hall–Kier alpha value is -2.42. The van der Waals surface area contributed by atoms with E-state index in [4.69, 9.17) is 0 Å². The number of halogens is 1. The number of aromatic nitrogens is 3. The molecule has 3 rings (SSSR count).